The van der Waals surface area contributed by atoms with Crippen LogP contribution in [0.5, 0.6) is 0 Å². The Balaban J connectivity index is 0.000000190. The molecule has 6 aromatic carbocycles. The summed E-state index contributed by atoms with van der Waals surface area (Å²) in [5, 5.41) is 5.81. The largest absolute Gasteiger partial charge is 0.459 e. The van der Waals surface area contributed by atoms with Gasteiger partial charge in [-0.2, -0.15) is 35.1 Å². The Bertz CT molecular complexity index is 4000. The summed E-state index contributed by atoms with van der Waals surface area (Å²) >= 11 is 0. The van der Waals surface area contributed by atoms with Gasteiger partial charge in [-0.25, -0.2) is 25.0 Å². The van der Waals surface area contributed by atoms with Gasteiger partial charge >= 0.3 is 23.7 Å². The Labute approximate surface area is 631 Å². The molecule has 14 nitrogen and oxygen atoms in total. The van der Waals surface area contributed by atoms with E-state index in [-0.39, 0.29) is 51.7 Å². The first-order valence-corrected chi connectivity index (χ1v) is 34.2. The number of nitrogen functional groups attached to an aromatic ring is 1. The van der Waals surface area contributed by atoms with Gasteiger partial charge in [-0.1, -0.05) is 135 Å². The van der Waals surface area contributed by atoms with Crippen LogP contribution in [0.1, 0.15) is 133 Å². The van der Waals surface area contributed by atoms with Crippen LogP contribution >= 0.6 is 0 Å². The van der Waals surface area contributed by atoms with E-state index in [0.29, 0.717) is 72.2 Å². The molecule has 2 fully saturated rings. The second-order valence-corrected chi connectivity index (χ2v) is 26.9. The molecule has 4 aliphatic heterocycles. The van der Waals surface area contributed by atoms with E-state index in [0.717, 1.165) is 82.3 Å². The fourth-order valence-corrected chi connectivity index (χ4v) is 14.1. The minimum absolute atomic E-state index is 0. The third-order valence-corrected chi connectivity index (χ3v) is 19.7. The molecule has 535 valence electrons. The molecule has 0 bridgehead atoms. The molecule has 2 saturated heterocycles. The van der Waals surface area contributed by atoms with Gasteiger partial charge in [0.25, 0.3) is 24.1 Å². The van der Waals surface area contributed by atoms with Crippen molar-refractivity contribution in [3.8, 4) is 0 Å². The monoisotopic (exact) mass is 1430 g/mol. The van der Waals surface area contributed by atoms with Gasteiger partial charge in [0, 0.05) is 125 Å². The zero-order valence-corrected chi connectivity index (χ0v) is 58.6. The number of rotatable bonds is 6. The summed E-state index contributed by atoms with van der Waals surface area (Å²) in [7, 11) is 44.5. The van der Waals surface area contributed by atoms with E-state index in [4.69, 9.17) is 103 Å². The third kappa shape index (κ3) is 18.3. The van der Waals surface area contributed by atoms with Crippen LogP contribution in [0.2, 0.25) is 0 Å². The van der Waals surface area contributed by atoms with Gasteiger partial charge in [-0.15, -0.1) is 0 Å². The highest BCUT2D eigenvalue weighted by Gasteiger charge is 2.63. The number of alkyl halides is 8. The number of halogens is 8. The van der Waals surface area contributed by atoms with E-state index in [1.54, 1.807) is 31.3 Å². The second-order valence-electron chi connectivity index (χ2n) is 26.9. The summed E-state index contributed by atoms with van der Waals surface area (Å²) in [5.74, 6) is -12.2. The summed E-state index contributed by atoms with van der Waals surface area (Å²) in [6.07, 6.45) is 5.01. The minimum atomic E-state index is -3.08. The van der Waals surface area contributed by atoms with Crippen LogP contribution in [0.25, 0.3) is 0 Å². The topological polar surface area (TPSA) is 201 Å². The van der Waals surface area contributed by atoms with E-state index in [1.807, 2.05) is 123 Å². The molecule has 14 rings (SSSR count). The van der Waals surface area contributed by atoms with Crippen molar-refractivity contribution >= 4 is 136 Å². The maximum Gasteiger partial charge on any atom is 0.310 e. The van der Waals surface area contributed by atoms with E-state index in [2.05, 4.69) is 30.6 Å². The standard InChI is InChI=1S/C27H25F2N3O.C15H18F2N2O.C14H16F2N2O.C13H15F2N3O.2CH4.B7.B6/c1-30-25-32-26(27(28,29)18-33-25)16-8-13-19-14-15-22(17-23(19)26)31-24(20-9-4-2-5-10-20)21-11-6-3-7-12-21;1-10-5-6-11-4-3-7-14(12(11)8-10)15(16,17)9-20-13(18-2)19-14;1-9-4-5-10-3-2-6-13(11(10)7-9)14(15,16)8-19-12(17)18-13;14-13(15)7-19-11(17)18-12(13)5-1-2-8-3-4-9(16)6-10(8)12;;;1-5-7(4)6(2)3;1-5(2)6(3)4/h2-7,9-12,14-15,17H,8,13,16,18H2,1H3,(H,30,32);5-6,8H,3-4,7,9H2,1-2H3,(H,18,19);4-5,7H,2-3,6,8H2,1H3,(H2,17,18);3-4,6H,1-2,5,7,16H2,(H2,17,18);2*1H4;;/t26-;14-;13-;12-;;;;/m1111..../s1. The number of nitrogens with two attached hydrogens (primary N) is 3. The first kappa shape index (κ1) is 85.4. The molecule has 4 spiro atoms. The molecule has 35 heteroatoms. The predicted octanol–water partition coefficient (Wildman–Crippen LogP) is 9.00. The second kappa shape index (κ2) is 35.5. The van der Waals surface area contributed by atoms with Gasteiger partial charge in [0.1, 0.15) is 11.1 Å². The van der Waals surface area contributed by atoms with Crippen molar-refractivity contribution in [2.24, 2.45) is 36.4 Å². The van der Waals surface area contributed by atoms with Crippen molar-refractivity contribution in [2.75, 3.05) is 46.3 Å². The average molecular weight is 1430 g/mol. The van der Waals surface area contributed by atoms with Gasteiger partial charge in [0.2, 0.25) is 0 Å². The number of aryl methyl sites for hydroxylation is 6. The lowest BCUT2D eigenvalue weighted by molar-refractivity contribution is -0.144. The van der Waals surface area contributed by atoms with Crippen LogP contribution in [0, 0.1) is 13.8 Å². The van der Waals surface area contributed by atoms with Gasteiger partial charge in [-0.3, -0.25) is 0 Å². The Hall–Kier alpha value is -7.85. The van der Waals surface area contributed by atoms with Crippen molar-refractivity contribution < 1.29 is 54.1 Å². The number of hydrogen-bond donors (Lipinski definition) is 5. The number of benzene rings is 6. The molecule has 0 saturated carbocycles. The number of aliphatic imine (C=N–C) groups is 5. The molecule has 106 heavy (non-hydrogen) atoms. The summed E-state index contributed by atoms with van der Waals surface area (Å²) in [5.41, 5.74) is 22.5. The molecular formula is C71H82B13F8N10O4. The zero-order valence-electron chi connectivity index (χ0n) is 58.6. The zero-order chi connectivity index (χ0) is 75.6. The van der Waals surface area contributed by atoms with Gasteiger partial charge < -0.3 is 46.8 Å². The molecule has 0 unspecified atom stereocenters. The Morgan fingerprint density at radius 3 is 1.23 bits per heavy atom. The predicted molar refractivity (Wildman–Crippen MR) is 424 cm³/mol. The van der Waals surface area contributed by atoms with Gasteiger partial charge in [-0.05, 0) is 160 Å². The number of ether oxygens (including phenoxy) is 4. The van der Waals surface area contributed by atoms with Crippen LogP contribution in [-0.2, 0) is 66.8 Å². The minimum Gasteiger partial charge on any atom is -0.459 e. The number of nitrogens with one attached hydrogen (secondary N) is 2. The molecule has 6 aromatic rings. The average Bonchev–Trinajstić information content (AvgIpc) is 0.749. The molecule has 8 aliphatic rings. The molecule has 0 amide bonds. The van der Waals surface area contributed by atoms with E-state index in [1.165, 1.54) is 14.1 Å². The van der Waals surface area contributed by atoms with Gasteiger partial charge in [0.05, 0.1) is 11.4 Å². The summed E-state index contributed by atoms with van der Waals surface area (Å²) in [6, 6.07) is 42.1. The summed E-state index contributed by atoms with van der Waals surface area (Å²) in [6.45, 7) is 1.06. The number of nitrogens with zero attached hydrogens (tertiary/aromatic N) is 5. The Kier molecular flexibility index (Phi) is 28.6. The molecule has 8 N–H and O–H groups in total. The molecule has 0 aromatic heterocycles. The van der Waals surface area contributed by atoms with E-state index in [9.17, 15) is 26.3 Å². The van der Waals surface area contributed by atoms with Crippen molar-refractivity contribution in [3.05, 3.63) is 200 Å². The van der Waals surface area contributed by atoms with Crippen LogP contribution < -0.4 is 27.8 Å². The fourth-order valence-electron chi connectivity index (χ4n) is 14.1. The van der Waals surface area contributed by atoms with E-state index >= 15 is 8.78 Å². The number of fused-ring (bicyclic) bond motifs is 8. The lowest BCUT2D eigenvalue weighted by Gasteiger charge is -2.48. The third-order valence-electron chi connectivity index (χ3n) is 19.7. The highest BCUT2D eigenvalue weighted by atomic mass is 19.3. The number of amidine groups is 4. The fraction of sp³-hybridized carbons (Fsp3) is 0.423. The van der Waals surface area contributed by atoms with Crippen LogP contribution in [0.4, 0.5) is 46.5 Å². The van der Waals surface area contributed by atoms with Gasteiger partial charge in [0.15, 0.2) is 37.5 Å². The molecule has 17 radical (unpaired) electrons. The highest BCUT2D eigenvalue weighted by Crippen LogP contribution is 2.54. The van der Waals surface area contributed by atoms with Crippen LogP contribution in [-0.4, -0.2) is 189 Å². The van der Waals surface area contributed by atoms with Crippen LogP contribution in [0.3, 0.4) is 0 Å². The summed E-state index contributed by atoms with van der Waals surface area (Å²) < 4.78 is 137. The lowest BCUT2D eigenvalue weighted by Crippen LogP contribution is -2.65. The lowest BCUT2D eigenvalue weighted by atomic mass is 8.76. The van der Waals surface area contributed by atoms with Crippen molar-refractivity contribution in [2.45, 2.75) is 152 Å². The van der Waals surface area contributed by atoms with E-state index < -0.39 is 91.4 Å². The highest BCUT2D eigenvalue weighted by molar-refractivity contribution is 7.81. The first-order chi connectivity index (χ1) is 49.2. The van der Waals surface area contributed by atoms with Crippen molar-refractivity contribution in [1.29, 1.82) is 0 Å². The van der Waals surface area contributed by atoms with Crippen molar-refractivity contribution in [1.82, 2.24) is 10.6 Å². The Morgan fingerprint density at radius 2 is 0.830 bits per heavy atom. The Morgan fingerprint density at radius 1 is 0.462 bits per heavy atom. The maximum absolute atomic E-state index is 15.4. The molecule has 4 aliphatic carbocycles. The quantitative estimate of drug-likeness (QED) is 0.0467. The SMILES string of the molecule is C.C.CN=C1N[C@@]2(CCCc3ccc(C)cc32)C(F)(F)CO1.CN=C1N[C@@]2(CCCc3ccc(N=C(c4ccccc4)c4ccccc4)cc32)C(F)(F)CO1.Cc1ccc2c(c1)[C@@]1(CCC2)N=C(N)OCC1(F)F.NC1=N[C@@]2(CCCc3ccc(N)cc32)C(F)(F)CO1.[B]B([B])B([B])[B].[B][B]B([B])B([B])[B]. The number of anilines is 1. The molecule has 4 atom stereocenters. The first-order valence-electron chi connectivity index (χ1n) is 34.2. The molecule has 4 heterocycles. The normalized spacial score (nSPS) is 23.6. The maximum atomic E-state index is 15.4. The number of hydrogen-bond acceptors (Lipinski definition) is 12. The van der Waals surface area contributed by atoms with Crippen molar-refractivity contribution in [3.63, 3.8) is 0 Å². The van der Waals surface area contributed by atoms with Crippen LogP contribution in [0.15, 0.2) is 158 Å². The smallest absolute Gasteiger partial charge is 0.310 e. The molecular weight excluding hydrogens is 1350 g/mol. The summed E-state index contributed by atoms with van der Waals surface area (Å²) in [4.78, 5) is 20.9.